The third-order valence-corrected chi connectivity index (χ3v) is 4.79. The highest BCUT2D eigenvalue weighted by atomic mass is 32.2. The number of carbonyl (C=O) groups is 1. The molecular formula is C9H11NO4S2. The summed E-state index contributed by atoms with van der Waals surface area (Å²) in [6.45, 7) is 0. The lowest BCUT2D eigenvalue weighted by Crippen LogP contribution is -2.34. The number of rotatable bonds is 4. The van der Waals surface area contributed by atoms with Crippen LogP contribution in [0.15, 0.2) is 21.6 Å². The van der Waals surface area contributed by atoms with Gasteiger partial charge in [-0.25, -0.2) is 13.1 Å². The summed E-state index contributed by atoms with van der Waals surface area (Å²) in [6.07, 6.45) is 1.30. The molecule has 0 aromatic carbocycles. The minimum absolute atomic E-state index is 0.0150. The van der Waals surface area contributed by atoms with Crippen LogP contribution in [-0.2, 0) is 10.0 Å². The van der Waals surface area contributed by atoms with Crippen molar-refractivity contribution in [1.29, 1.82) is 0 Å². The Morgan fingerprint density at radius 1 is 1.50 bits per heavy atom. The molecule has 2 heterocycles. The first-order valence-corrected chi connectivity index (χ1v) is 7.41. The van der Waals surface area contributed by atoms with Crippen LogP contribution >= 0.6 is 11.8 Å². The molecule has 1 aromatic heterocycles. The molecule has 1 N–H and O–H groups in total. The Balaban J connectivity index is 2.14. The van der Waals surface area contributed by atoms with Crippen molar-refractivity contribution < 1.29 is 17.6 Å². The fraction of sp³-hybridized carbons (Fsp3) is 0.444. The summed E-state index contributed by atoms with van der Waals surface area (Å²) >= 11 is 1.71. The van der Waals surface area contributed by atoms with Crippen LogP contribution in [0.5, 0.6) is 0 Å². The molecule has 5 nitrogen and oxygen atoms in total. The van der Waals surface area contributed by atoms with Crippen molar-refractivity contribution >= 4 is 28.1 Å². The zero-order valence-electron chi connectivity index (χ0n) is 8.38. The average molecular weight is 261 g/mol. The molecule has 0 saturated carbocycles. The van der Waals surface area contributed by atoms with Gasteiger partial charge >= 0.3 is 0 Å². The lowest BCUT2D eigenvalue weighted by molar-refractivity contribution is 0.109. The maximum Gasteiger partial charge on any atom is 0.274 e. The van der Waals surface area contributed by atoms with Gasteiger partial charge in [0.1, 0.15) is 0 Å². The van der Waals surface area contributed by atoms with Crippen molar-refractivity contribution in [2.45, 2.75) is 17.6 Å². The van der Waals surface area contributed by atoms with E-state index in [0.717, 1.165) is 17.9 Å². The standard InChI is InChI=1S/C9H11NO4S2/c11-5-8-1-2-9(14-8)16(12,13)10-7-3-4-15-6-7/h1-2,5,7,10H,3-4,6H2. The van der Waals surface area contributed by atoms with Gasteiger partial charge in [-0.3, -0.25) is 4.79 Å². The summed E-state index contributed by atoms with van der Waals surface area (Å²) in [5, 5.41) is -0.202. The first kappa shape index (κ1) is 11.7. The number of hydrogen-bond acceptors (Lipinski definition) is 5. The minimum Gasteiger partial charge on any atom is -0.440 e. The summed E-state index contributed by atoms with van der Waals surface area (Å²) in [5.74, 6) is 1.76. The molecule has 88 valence electrons. The Labute approximate surface area is 97.6 Å². The number of thioether (sulfide) groups is 1. The van der Waals surface area contributed by atoms with Gasteiger partial charge in [0.2, 0.25) is 5.09 Å². The minimum atomic E-state index is -3.62. The third-order valence-electron chi connectivity index (χ3n) is 2.23. The SMILES string of the molecule is O=Cc1ccc(S(=O)(=O)NC2CCSC2)o1. The Hall–Kier alpha value is -0.790. The summed E-state index contributed by atoms with van der Waals surface area (Å²) in [4.78, 5) is 10.4. The molecule has 2 rings (SSSR count). The van der Waals surface area contributed by atoms with Gasteiger partial charge in [0.25, 0.3) is 10.0 Å². The lowest BCUT2D eigenvalue weighted by Gasteiger charge is -2.09. The normalized spacial score (nSPS) is 21.1. The van der Waals surface area contributed by atoms with Crippen LogP contribution < -0.4 is 4.72 Å². The van der Waals surface area contributed by atoms with Crippen LogP contribution in [-0.4, -0.2) is 32.3 Å². The topological polar surface area (TPSA) is 76.4 Å². The quantitative estimate of drug-likeness (QED) is 0.814. The molecule has 1 fully saturated rings. The number of furan rings is 1. The Kier molecular flexibility index (Phi) is 3.36. The smallest absolute Gasteiger partial charge is 0.274 e. The van der Waals surface area contributed by atoms with Gasteiger partial charge in [0, 0.05) is 11.8 Å². The Morgan fingerprint density at radius 3 is 2.88 bits per heavy atom. The number of hydrogen-bond donors (Lipinski definition) is 1. The van der Waals surface area contributed by atoms with E-state index in [1.165, 1.54) is 12.1 Å². The maximum absolute atomic E-state index is 11.8. The highest BCUT2D eigenvalue weighted by Gasteiger charge is 2.25. The van der Waals surface area contributed by atoms with E-state index in [-0.39, 0.29) is 16.9 Å². The van der Waals surface area contributed by atoms with Crippen LogP contribution in [0.4, 0.5) is 0 Å². The van der Waals surface area contributed by atoms with Crippen molar-refractivity contribution in [3.8, 4) is 0 Å². The second kappa shape index (κ2) is 4.60. The van der Waals surface area contributed by atoms with E-state index in [1.54, 1.807) is 11.8 Å². The largest absolute Gasteiger partial charge is 0.440 e. The van der Waals surface area contributed by atoms with E-state index in [2.05, 4.69) is 4.72 Å². The van der Waals surface area contributed by atoms with E-state index in [0.29, 0.717) is 6.29 Å². The summed E-state index contributed by atoms with van der Waals surface area (Å²) in [7, 11) is -3.62. The van der Waals surface area contributed by atoms with Crippen LogP contribution in [0.1, 0.15) is 17.0 Å². The molecule has 0 aliphatic carbocycles. The molecular weight excluding hydrogens is 250 g/mol. The van der Waals surface area contributed by atoms with Gasteiger partial charge in [-0.15, -0.1) is 0 Å². The van der Waals surface area contributed by atoms with Gasteiger partial charge in [0.05, 0.1) is 0 Å². The van der Waals surface area contributed by atoms with Crippen molar-refractivity contribution in [1.82, 2.24) is 4.72 Å². The predicted molar refractivity (Wildman–Crippen MR) is 60.1 cm³/mol. The molecule has 0 radical (unpaired) electrons. The van der Waals surface area contributed by atoms with Gasteiger partial charge in [-0.1, -0.05) is 0 Å². The predicted octanol–water partition coefficient (Wildman–Crippen LogP) is 0.876. The summed E-state index contributed by atoms with van der Waals surface area (Å²) in [6, 6.07) is 2.58. The highest BCUT2D eigenvalue weighted by Crippen LogP contribution is 2.20. The molecule has 1 aromatic rings. The molecule has 1 aliphatic rings. The van der Waals surface area contributed by atoms with E-state index in [4.69, 9.17) is 4.42 Å². The molecule has 7 heteroatoms. The zero-order valence-corrected chi connectivity index (χ0v) is 10.0. The van der Waals surface area contributed by atoms with Crippen LogP contribution in [0, 0.1) is 0 Å². The lowest BCUT2D eigenvalue weighted by atomic mass is 10.3. The van der Waals surface area contributed by atoms with Gasteiger partial charge in [0.15, 0.2) is 12.0 Å². The Bertz CT molecular complexity index is 473. The molecule has 0 amide bonds. The highest BCUT2D eigenvalue weighted by molar-refractivity contribution is 7.99. The number of carbonyl (C=O) groups excluding carboxylic acids is 1. The van der Waals surface area contributed by atoms with Crippen LogP contribution in [0.3, 0.4) is 0 Å². The van der Waals surface area contributed by atoms with Crippen LogP contribution in [0.25, 0.3) is 0 Å². The van der Waals surface area contributed by atoms with E-state index in [1.807, 2.05) is 0 Å². The fourth-order valence-corrected chi connectivity index (χ4v) is 3.91. The van der Waals surface area contributed by atoms with Gasteiger partial charge in [-0.2, -0.15) is 11.8 Å². The Morgan fingerprint density at radius 2 is 2.31 bits per heavy atom. The maximum atomic E-state index is 11.8. The van der Waals surface area contributed by atoms with Crippen molar-refractivity contribution in [3.63, 3.8) is 0 Å². The molecule has 0 spiro atoms. The van der Waals surface area contributed by atoms with Crippen LogP contribution in [0.2, 0.25) is 0 Å². The average Bonchev–Trinajstić information content (AvgIpc) is 2.85. The van der Waals surface area contributed by atoms with E-state index < -0.39 is 10.0 Å². The first-order chi connectivity index (χ1) is 7.62. The summed E-state index contributed by atoms with van der Waals surface area (Å²) in [5.41, 5.74) is 0. The van der Waals surface area contributed by atoms with Gasteiger partial charge in [-0.05, 0) is 24.3 Å². The van der Waals surface area contributed by atoms with E-state index >= 15 is 0 Å². The van der Waals surface area contributed by atoms with Gasteiger partial charge < -0.3 is 4.42 Å². The number of nitrogens with one attached hydrogen (secondary N) is 1. The van der Waals surface area contributed by atoms with Crippen molar-refractivity contribution in [2.24, 2.45) is 0 Å². The molecule has 16 heavy (non-hydrogen) atoms. The molecule has 0 bridgehead atoms. The van der Waals surface area contributed by atoms with Crippen molar-refractivity contribution in [2.75, 3.05) is 11.5 Å². The molecule has 1 unspecified atom stereocenters. The van der Waals surface area contributed by atoms with E-state index in [9.17, 15) is 13.2 Å². The second-order valence-electron chi connectivity index (χ2n) is 3.46. The number of sulfonamides is 1. The molecule has 1 atom stereocenters. The molecule has 1 saturated heterocycles. The monoisotopic (exact) mass is 261 g/mol. The zero-order chi connectivity index (χ0) is 11.6. The number of aldehydes is 1. The fourth-order valence-electron chi connectivity index (χ4n) is 1.45. The van der Waals surface area contributed by atoms with Crippen molar-refractivity contribution in [3.05, 3.63) is 17.9 Å². The third kappa shape index (κ3) is 2.47. The molecule has 1 aliphatic heterocycles. The summed E-state index contributed by atoms with van der Waals surface area (Å²) < 4.78 is 31.0. The first-order valence-electron chi connectivity index (χ1n) is 4.77. The second-order valence-corrected chi connectivity index (χ2v) is 6.25.